The fraction of sp³-hybridized carbons (Fsp3) is 0.0909. The number of benzene rings is 4. The maximum atomic E-state index is 5.33. The van der Waals surface area contributed by atoms with Crippen LogP contribution in [-0.4, -0.2) is 19.5 Å². The SMILES string of the molecule is CC(C)n1c(-c2cccc3c2[nH]c2ccccc23)nc2c(-c3cccc(-c4ccccn4)c3)cccc21. The summed E-state index contributed by atoms with van der Waals surface area (Å²) in [7, 11) is 0. The van der Waals surface area contributed by atoms with Crippen molar-refractivity contribution in [1.29, 1.82) is 0 Å². The average molecular weight is 479 g/mol. The maximum absolute atomic E-state index is 5.33. The van der Waals surface area contributed by atoms with E-state index in [1.807, 2.05) is 24.4 Å². The zero-order valence-corrected chi connectivity index (χ0v) is 20.8. The first-order valence-corrected chi connectivity index (χ1v) is 12.7. The number of nitrogens with one attached hydrogen (secondary N) is 1. The first-order chi connectivity index (χ1) is 18.2. The molecule has 0 unspecified atom stereocenters. The molecule has 4 nitrogen and oxygen atoms in total. The molecule has 1 N–H and O–H groups in total. The number of pyridine rings is 1. The number of hydrogen-bond acceptors (Lipinski definition) is 2. The predicted molar refractivity (Wildman–Crippen MR) is 154 cm³/mol. The number of fused-ring (bicyclic) bond motifs is 4. The zero-order valence-electron chi connectivity index (χ0n) is 20.8. The molecule has 3 heterocycles. The molecular formula is C33H26N4. The maximum Gasteiger partial charge on any atom is 0.143 e. The van der Waals surface area contributed by atoms with Crippen LogP contribution in [0.1, 0.15) is 19.9 Å². The molecule has 0 radical (unpaired) electrons. The molecule has 7 rings (SSSR count). The van der Waals surface area contributed by atoms with Gasteiger partial charge in [0.2, 0.25) is 0 Å². The molecule has 4 heteroatoms. The highest BCUT2D eigenvalue weighted by Crippen LogP contribution is 2.38. The molecule has 0 saturated heterocycles. The smallest absolute Gasteiger partial charge is 0.143 e. The van der Waals surface area contributed by atoms with Crippen molar-refractivity contribution in [3.05, 3.63) is 109 Å². The van der Waals surface area contributed by atoms with Gasteiger partial charge in [-0.3, -0.25) is 4.98 Å². The number of hydrogen-bond donors (Lipinski definition) is 1. The van der Waals surface area contributed by atoms with E-state index in [0.29, 0.717) is 0 Å². The Morgan fingerprint density at radius 1 is 0.703 bits per heavy atom. The number of nitrogens with zero attached hydrogens (tertiary/aromatic N) is 3. The molecule has 0 saturated carbocycles. The Labute approximate surface area is 215 Å². The van der Waals surface area contributed by atoms with Crippen LogP contribution in [0.5, 0.6) is 0 Å². The van der Waals surface area contributed by atoms with Crippen molar-refractivity contribution in [3.8, 4) is 33.8 Å². The third-order valence-electron chi connectivity index (χ3n) is 7.15. The molecule has 0 aliphatic rings. The highest BCUT2D eigenvalue weighted by molar-refractivity contribution is 6.11. The second-order valence-corrected chi connectivity index (χ2v) is 9.77. The lowest BCUT2D eigenvalue weighted by Crippen LogP contribution is -2.03. The van der Waals surface area contributed by atoms with E-state index in [2.05, 4.69) is 113 Å². The molecule has 0 atom stereocenters. The number of aromatic amines is 1. The Morgan fingerprint density at radius 3 is 2.32 bits per heavy atom. The summed E-state index contributed by atoms with van der Waals surface area (Å²) < 4.78 is 2.36. The molecule has 0 aliphatic carbocycles. The van der Waals surface area contributed by atoms with Crippen LogP contribution in [-0.2, 0) is 0 Å². The van der Waals surface area contributed by atoms with E-state index in [4.69, 9.17) is 4.98 Å². The van der Waals surface area contributed by atoms with Crippen LogP contribution in [0.2, 0.25) is 0 Å². The van der Waals surface area contributed by atoms with Gasteiger partial charge in [0.05, 0.1) is 22.2 Å². The Kier molecular flexibility index (Phi) is 4.93. The van der Waals surface area contributed by atoms with Gasteiger partial charge >= 0.3 is 0 Å². The van der Waals surface area contributed by atoms with Crippen molar-refractivity contribution in [2.24, 2.45) is 0 Å². The molecule has 4 aromatic carbocycles. The van der Waals surface area contributed by atoms with Crippen molar-refractivity contribution in [3.63, 3.8) is 0 Å². The van der Waals surface area contributed by atoms with E-state index < -0.39 is 0 Å². The summed E-state index contributed by atoms with van der Waals surface area (Å²) in [6, 6.07) is 36.3. The van der Waals surface area contributed by atoms with Crippen molar-refractivity contribution in [1.82, 2.24) is 19.5 Å². The van der Waals surface area contributed by atoms with E-state index in [1.54, 1.807) is 0 Å². The van der Waals surface area contributed by atoms with Gasteiger partial charge in [0, 0.05) is 45.2 Å². The number of rotatable bonds is 4. The van der Waals surface area contributed by atoms with Crippen LogP contribution in [0.25, 0.3) is 66.6 Å². The quantitative estimate of drug-likeness (QED) is 0.275. The second-order valence-electron chi connectivity index (χ2n) is 9.77. The van der Waals surface area contributed by atoms with Gasteiger partial charge in [-0.2, -0.15) is 0 Å². The highest BCUT2D eigenvalue weighted by atomic mass is 15.1. The molecule has 0 aliphatic heterocycles. The molecular weight excluding hydrogens is 452 g/mol. The summed E-state index contributed by atoms with van der Waals surface area (Å²) in [5.74, 6) is 0.982. The van der Waals surface area contributed by atoms with Crippen molar-refractivity contribution in [2.75, 3.05) is 0 Å². The van der Waals surface area contributed by atoms with E-state index in [0.717, 1.165) is 55.8 Å². The summed E-state index contributed by atoms with van der Waals surface area (Å²) in [5, 5.41) is 2.46. The number of aromatic nitrogens is 4. The summed E-state index contributed by atoms with van der Waals surface area (Å²) in [6.07, 6.45) is 1.84. The number of para-hydroxylation sites is 3. The highest BCUT2D eigenvalue weighted by Gasteiger charge is 2.20. The van der Waals surface area contributed by atoms with E-state index in [9.17, 15) is 0 Å². The number of H-pyrrole nitrogens is 1. The Hall–Kier alpha value is -4.70. The minimum Gasteiger partial charge on any atom is -0.354 e. The molecule has 37 heavy (non-hydrogen) atoms. The van der Waals surface area contributed by atoms with Crippen molar-refractivity contribution >= 4 is 32.8 Å². The Bertz CT molecular complexity index is 1910. The zero-order chi connectivity index (χ0) is 24.9. The van der Waals surface area contributed by atoms with Gasteiger partial charge in [0.1, 0.15) is 5.82 Å². The van der Waals surface area contributed by atoms with Gasteiger partial charge in [0.25, 0.3) is 0 Å². The van der Waals surface area contributed by atoms with Gasteiger partial charge in [-0.05, 0) is 55.8 Å². The summed E-state index contributed by atoms with van der Waals surface area (Å²) >= 11 is 0. The molecule has 0 spiro atoms. The van der Waals surface area contributed by atoms with Crippen LogP contribution >= 0.6 is 0 Å². The predicted octanol–water partition coefficient (Wildman–Crippen LogP) is 8.65. The lowest BCUT2D eigenvalue weighted by Gasteiger charge is -2.14. The standard InChI is InChI=1S/C33H26N4/c1-21(2)37-30-18-9-13-24(22-10-7-11-23(20-22)28-16-5-6-19-34-28)32(30)36-33(37)27-15-8-14-26-25-12-3-4-17-29(25)35-31(26)27/h3-21,35H,1-2H3. The van der Waals surface area contributed by atoms with E-state index in [1.165, 1.54) is 10.8 Å². The topological polar surface area (TPSA) is 46.5 Å². The fourth-order valence-electron chi connectivity index (χ4n) is 5.50. The Balaban J connectivity index is 1.48. The molecule has 178 valence electrons. The lowest BCUT2D eigenvalue weighted by molar-refractivity contribution is 0.624. The van der Waals surface area contributed by atoms with Crippen LogP contribution in [0.4, 0.5) is 0 Å². The van der Waals surface area contributed by atoms with Crippen LogP contribution < -0.4 is 0 Å². The molecule has 7 aromatic rings. The van der Waals surface area contributed by atoms with Gasteiger partial charge in [-0.15, -0.1) is 0 Å². The van der Waals surface area contributed by atoms with E-state index in [-0.39, 0.29) is 6.04 Å². The largest absolute Gasteiger partial charge is 0.354 e. The van der Waals surface area contributed by atoms with Crippen LogP contribution in [0, 0.1) is 0 Å². The third kappa shape index (κ3) is 3.45. The van der Waals surface area contributed by atoms with Crippen LogP contribution in [0.15, 0.2) is 109 Å². The second kappa shape index (κ2) is 8.45. The molecule has 0 amide bonds. The average Bonchev–Trinajstić information content (AvgIpc) is 3.52. The summed E-state index contributed by atoms with van der Waals surface area (Å²) in [6.45, 7) is 4.45. The normalized spacial score (nSPS) is 11.8. The van der Waals surface area contributed by atoms with E-state index >= 15 is 0 Å². The van der Waals surface area contributed by atoms with Crippen molar-refractivity contribution < 1.29 is 0 Å². The van der Waals surface area contributed by atoms with Gasteiger partial charge in [0.15, 0.2) is 0 Å². The number of imidazole rings is 1. The van der Waals surface area contributed by atoms with Gasteiger partial charge in [-0.25, -0.2) is 4.98 Å². The lowest BCUT2D eigenvalue weighted by atomic mass is 10.0. The fourth-order valence-corrected chi connectivity index (χ4v) is 5.50. The third-order valence-corrected chi connectivity index (χ3v) is 7.15. The van der Waals surface area contributed by atoms with Gasteiger partial charge in [-0.1, -0.05) is 66.7 Å². The monoisotopic (exact) mass is 478 g/mol. The minimum absolute atomic E-state index is 0.245. The minimum atomic E-state index is 0.245. The van der Waals surface area contributed by atoms with Gasteiger partial charge < -0.3 is 9.55 Å². The molecule has 0 fully saturated rings. The summed E-state index contributed by atoms with van der Waals surface area (Å²) in [5.41, 5.74) is 9.86. The van der Waals surface area contributed by atoms with Crippen LogP contribution in [0.3, 0.4) is 0 Å². The Morgan fingerprint density at radius 2 is 1.46 bits per heavy atom. The summed E-state index contributed by atoms with van der Waals surface area (Å²) in [4.78, 5) is 13.5. The van der Waals surface area contributed by atoms with Crippen molar-refractivity contribution in [2.45, 2.75) is 19.9 Å². The molecule has 3 aromatic heterocycles. The first-order valence-electron chi connectivity index (χ1n) is 12.7. The first kappa shape index (κ1) is 21.6. The molecule has 0 bridgehead atoms.